The highest BCUT2D eigenvalue weighted by Gasteiger charge is 2.33. The Bertz CT molecular complexity index is 4090. The smallest absolute Gasteiger partial charge is 0.309 e. The Balaban J connectivity index is 1.16. The fraction of sp³-hybridized carbons (Fsp3) is 0.0333. The highest BCUT2D eigenvalue weighted by Crippen LogP contribution is 2.44. The van der Waals surface area contributed by atoms with Crippen LogP contribution in [0.1, 0.15) is 16.7 Å². The van der Waals surface area contributed by atoms with Crippen LogP contribution in [-0.4, -0.2) is 24.1 Å². The maximum Gasteiger partial charge on any atom is 0.416 e. The number of hydrogen-bond acceptors (Lipinski definition) is 4. The molecule has 0 N–H and O–H groups in total. The average molecular weight is 953 g/mol. The summed E-state index contributed by atoms with van der Waals surface area (Å²) in [6.45, 7) is 0. The van der Waals surface area contributed by atoms with Gasteiger partial charge in [0.25, 0.3) is 0 Å². The summed E-state index contributed by atoms with van der Waals surface area (Å²) < 4.78 is 89.5. The molecule has 9 aromatic carbocycles. The van der Waals surface area contributed by atoms with Crippen LogP contribution in [-0.2, 0) is 12.4 Å². The minimum atomic E-state index is -4.58. The van der Waals surface area contributed by atoms with Crippen LogP contribution in [0.5, 0.6) is 0 Å². The lowest BCUT2D eigenvalue weighted by Crippen LogP contribution is -2.05. The van der Waals surface area contributed by atoms with Crippen molar-refractivity contribution in [2.75, 3.05) is 0 Å². The molecule has 0 aliphatic heterocycles. The van der Waals surface area contributed by atoms with Crippen LogP contribution in [0, 0.1) is 11.3 Å². The second-order valence-electron chi connectivity index (χ2n) is 17.4. The standard InChI is InChI=1S/C60H34F6N6/c61-59(62,63)42-24-28-54-48(33-42)44-18-7-9-20-50(44)71(54)52-26-22-40(31-46(52)39-17-11-12-36(30-39)35-67)47-32-41(58-69-56(37-13-3-1-4-14-37)68-57(70-58)38-15-5-2-6-16-38)23-27-53(47)72-51-21-10-8-19-45(51)49-34-43(60(64,65)66)25-29-55(49)72/h1-34H. The zero-order valence-electron chi connectivity index (χ0n) is 37.6. The van der Waals surface area contributed by atoms with Gasteiger partial charge in [0, 0.05) is 49.4 Å². The zero-order chi connectivity index (χ0) is 49.3. The van der Waals surface area contributed by atoms with E-state index in [-0.39, 0.29) is 0 Å². The van der Waals surface area contributed by atoms with E-state index >= 15 is 0 Å². The fourth-order valence-corrected chi connectivity index (χ4v) is 9.74. The van der Waals surface area contributed by atoms with Crippen LogP contribution >= 0.6 is 0 Å². The maximum atomic E-state index is 14.3. The molecule has 0 saturated heterocycles. The van der Waals surface area contributed by atoms with Crippen molar-refractivity contribution < 1.29 is 26.3 Å². The Labute approximate surface area is 407 Å². The van der Waals surface area contributed by atoms with Crippen molar-refractivity contribution in [2.24, 2.45) is 0 Å². The number of aromatic nitrogens is 5. The fourth-order valence-electron chi connectivity index (χ4n) is 9.74. The number of rotatable bonds is 7. The molecule has 0 aliphatic carbocycles. The molecule has 6 nitrogen and oxygen atoms in total. The van der Waals surface area contributed by atoms with Gasteiger partial charge in [-0.25, -0.2) is 15.0 Å². The monoisotopic (exact) mass is 952 g/mol. The van der Waals surface area contributed by atoms with Crippen molar-refractivity contribution in [3.05, 3.63) is 223 Å². The molecule has 12 heteroatoms. The second kappa shape index (κ2) is 17.0. The summed E-state index contributed by atoms with van der Waals surface area (Å²) in [6.07, 6.45) is -9.15. The molecule has 12 rings (SSSR count). The molecule has 3 heterocycles. The van der Waals surface area contributed by atoms with E-state index in [1.807, 2.05) is 143 Å². The van der Waals surface area contributed by atoms with Gasteiger partial charge in [-0.15, -0.1) is 0 Å². The third-order valence-corrected chi connectivity index (χ3v) is 13.0. The number of para-hydroxylation sites is 2. The lowest BCUT2D eigenvalue weighted by Gasteiger charge is -2.19. The highest BCUT2D eigenvalue weighted by atomic mass is 19.4. The minimum Gasteiger partial charge on any atom is -0.309 e. The van der Waals surface area contributed by atoms with E-state index in [9.17, 15) is 31.6 Å². The van der Waals surface area contributed by atoms with Crippen molar-refractivity contribution in [3.63, 3.8) is 0 Å². The molecule has 0 fully saturated rings. The lowest BCUT2D eigenvalue weighted by molar-refractivity contribution is -0.138. The van der Waals surface area contributed by atoms with Gasteiger partial charge in [-0.1, -0.05) is 115 Å². The summed E-state index contributed by atoms with van der Waals surface area (Å²) in [5.41, 5.74) is 7.34. The highest BCUT2D eigenvalue weighted by molar-refractivity contribution is 6.11. The normalized spacial score (nSPS) is 12.0. The molecule has 72 heavy (non-hydrogen) atoms. The van der Waals surface area contributed by atoms with E-state index in [4.69, 9.17) is 15.0 Å². The maximum absolute atomic E-state index is 14.3. The van der Waals surface area contributed by atoms with Crippen LogP contribution < -0.4 is 0 Å². The van der Waals surface area contributed by atoms with Gasteiger partial charge in [-0.2, -0.15) is 31.6 Å². The van der Waals surface area contributed by atoms with Crippen LogP contribution in [0.15, 0.2) is 206 Å². The third kappa shape index (κ3) is 7.59. The molecule has 0 bridgehead atoms. The molecule has 0 amide bonds. The first kappa shape index (κ1) is 43.9. The van der Waals surface area contributed by atoms with Gasteiger partial charge < -0.3 is 9.13 Å². The van der Waals surface area contributed by atoms with Crippen molar-refractivity contribution >= 4 is 43.6 Å². The summed E-state index contributed by atoms with van der Waals surface area (Å²) in [5, 5.41) is 12.2. The molecule has 0 spiro atoms. The van der Waals surface area contributed by atoms with Crippen molar-refractivity contribution in [1.29, 1.82) is 5.26 Å². The van der Waals surface area contributed by atoms with E-state index in [0.717, 1.165) is 23.3 Å². The number of hydrogen-bond donors (Lipinski definition) is 0. The molecule has 346 valence electrons. The zero-order valence-corrected chi connectivity index (χ0v) is 37.6. The van der Waals surface area contributed by atoms with Gasteiger partial charge in [0.2, 0.25) is 0 Å². The van der Waals surface area contributed by atoms with Crippen molar-refractivity contribution in [3.8, 4) is 73.9 Å². The van der Waals surface area contributed by atoms with E-state index in [0.29, 0.717) is 106 Å². The Morgan fingerprint density at radius 1 is 0.347 bits per heavy atom. The molecule has 3 aromatic heterocycles. The number of alkyl halides is 6. The second-order valence-corrected chi connectivity index (χ2v) is 17.4. The number of nitrogens with zero attached hydrogens (tertiary/aromatic N) is 6. The summed E-state index contributed by atoms with van der Waals surface area (Å²) in [5.74, 6) is 1.27. The number of benzene rings is 9. The van der Waals surface area contributed by atoms with Crippen LogP contribution in [0.25, 0.3) is 111 Å². The van der Waals surface area contributed by atoms with E-state index in [1.165, 1.54) is 24.3 Å². The summed E-state index contributed by atoms with van der Waals surface area (Å²) in [7, 11) is 0. The number of fused-ring (bicyclic) bond motifs is 6. The van der Waals surface area contributed by atoms with Gasteiger partial charge in [-0.3, -0.25) is 0 Å². The molecule has 0 atom stereocenters. The largest absolute Gasteiger partial charge is 0.416 e. The van der Waals surface area contributed by atoms with Gasteiger partial charge >= 0.3 is 12.4 Å². The Kier molecular flexibility index (Phi) is 10.3. The third-order valence-electron chi connectivity index (χ3n) is 13.0. The van der Waals surface area contributed by atoms with Crippen LogP contribution in [0.4, 0.5) is 26.3 Å². The summed E-state index contributed by atoms with van der Waals surface area (Å²) >= 11 is 0. The van der Waals surface area contributed by atoms with E-state index < -0.39 is 23.5 Å². The number of halogens is 6. The number of nitriles is 1. The molecule has 0 saturated carbocycles. The molecule has 12 aromatic rings. The van der Waals surface area contributed by atoms with Gasteiger partial charge in [0.05, 0.1) is 56.2 Å². The van der Waals surface area contributed by atoms with Gasteiger partial charge in [-0.05, 0) is 102 Å². The molecular weight excluding hydrogens is 919 g/mol. The summed E-state index contributed by atoms with van der Waals surface area (Å²) in [4.78, 5) is 15.0. The SMILES string of the molecule is N#Cc1cccc(-c2cc(-c3cc(-c4nc(-c5ccccc5)nc(-c5ccccc5)n4)ccc3-n3c4ccccc4c4cc(C(F)(F)F)ccc43)ccc2-n2c3ccccc3c3cc(C(F)(F)F)ccc32)c1. The molecule has 0 unspecified atom stereocenters. The quantitative estimate of drug-likeness (QED) is 0.149. The van der Waals surface area contributed by atoms with Gasteiger partial charge in [0.15, 0.2) is 17.5 Å². The molecule has 0 radical (unpaired) electrons. The Morgan fingerprint density at radius 3 is 1.24 bits per heavy atom. The first-order valence-electron chi connectivity index (χ1n) is 22.8. The van der Waals surface area contributed by atoms with E-state index in [1.54, 1.807) is 36.4 Å². The van der Waals surface area contributed by atoms with Gasteiger partial charge in [0.1, 0.15) is 0 Å². The van der Waals surface area contributed by atoms with Crippen molar-refractivity contribution in [2.45, 2.75) is 12.4 Å². The lowest BCUT2D eigenvalue weighted by atomic mass is 9.94. The Hall–Kier alpha value is -9.34. The molecule has 0 aliphatic rings. The minimum absolute atomic E-state index is 0.370. The predicted molar refractivity (Wildman–Crippen MR) is 270 cm³/mol. The van der Waals surface area contributed by atoms with Crippen LogP contribution in [0.3, 0.4) is 0 Å². The van der Waals surface area contributed by atoms with Crippen molar-refractivity contribution in [1.82, 2.24) is 24.1 Å². The topological polar surface area (TPSA) is 72.3 Å². The van der Waals surface area contributed by atoms with E-state index in [2.05, 4.69) is 6.07 Å². The predicted octanol–water partition coefficient (Wildman–Crippen LogP) is 16.3. The average Bonchev–Trinajstić information content (AvgIpc) is 3.92. The summed E-state index contributed by atoms with van der Waals surface area (Å²) in [6, 6.07) is 62.2. The first-order chi connectivity index (χ1) is 34.9. The Morgan fingerprint density at radius 2 is 0.750 bits per heavy atom. The molecular formula is C60H34F6N6. The van der Waals surface area contributed by atoms with Crippen LogP contribution in [0.2, 0.25) is 0 Å². The first-order valence-corrected chi connectivity index (χ1v) is 22.8.